The first-order valence-corrected chi connectivity index (χ1v) is 6.26. The van der Waals surface area contributed by atoms with E-state index in [0.29, 0.717) is 12.5 Å². The van der Waals surface area contributed by atoms with E-state index in [1.165, 1.54) is 0 Å². The third-order valence-electron chi connectivity index (χ3n) is 2.68. The maximum atomic E-state index is 5.94. The highest BCUT2D eigenvalue weighted by Gasteiger charge is 2.20. The van der Waals surface area contributed by atoms with Gasteiger partial charge in [0.15, 0.2) is 0 Å². The van der Waals surface area contributed by atoms with Crippen molar-refractivity contribution < 1.29 is 9.47 Å². The molecular weight excluding hydrogens is 202 g/mol. The van der Waals surface area contributed by atoms with E-state index in [2.05, 4.69) is 27.7 Å². The van der Waals surface area contributed by atoms with Crippen LogP contribution in [0.15, 0.2) is 0 Å². The topological polar surface area (TPSA) is 44.5 Å². The molecule has 98 valence electrons. The van der Waals surface area contributed by atoms with Crippen molar-refractivity contribution in [2.45, 2.75) is 65.7 Å². The summed E-state index contributed by atoms with van der Waals surface area (Å²) >= 11 is 0. The van der Waals surface area contributed by atoms with Crippen molar-refractivity contribution in [3.05, 3.63) is 0 Å². The Morgan fingerprint density at radius 2 is 1.69 bits per heavy atom. The van der Waals surface area contributed by atoms with Gasteiger partial charge in [-0.3, -0.25) is 0 Å². The Morgan fingerprint density at radius 1 is 1.12 bits per heavy atom. The number of hydrogen-bond donors (Lipinski definition) is 1. The van der Waals surface area contributed by atoms with Crippen LogP contribution in [-0.4, -0.2) is 31.0 Å². The zero-order chi connectivity index (χ0) is 12.8. The summed E-state index contributed by atoms with van der Waals surface area (Å²) in [7, 11) is 0. The maximum Gasteiger partial charge on any atom is 0.0649 e. The molecule has 0 rings (SSSR count). The Kier molecular flexibility index (Phi) is 7.20. The van der Waals surface area contributed by atoms with Crippen LogP contribution in [0.3, 0.4) is 0 Å². The van der Waals surface area contributed by atoms with E-state index in [0.717, 1.165) is 13.0 Å². The third-order valence-corrected chi connectivity index (χ3v) is 2.68. The molecule has 0 radical (unpaired) electrons. The van der Waals surface area contributed by atoms with Crippen LogP contribution < -0.4 is 5.73 Å². The summed E-state index contributed by atoms with van der Waals surface area (Å²) in [6.45, 7) is 13.8. The zero-order valence-electron chi connectivity index (χ0n) is 11.7. The van der Waals surface area contributed by atoms with Gasteiger partial charge in [-0.1, -0.05) is 13.8 Å². The van der Waals surface area contributed by atoms with Crippen molar-refractivity contribution in [3.8, 4) is 0 Å². The second kappa shape index (κ2) is 7.25. The van der Waals surface area contributed by atoms with Gasteiger partial charge in [-0.15, -0.1) is 0 Å². The van der Waals surface area contributed by atoms with Crippen molar-refractivity contribution in [1.82, 2.24) is 0 Å². The summed E-state index contributed by atoms with van der Waals surface area (Å²) < 4.78 is 11.4. The molecule has 3 nitrogen and oxygen atoms in total. The molecule has 0 fully saturated rings. The Morgan fingerprint density at radius 3 is 2.12 bits per heavy atom. The fourth-order valence-corrected chi connectivity index (χ4v) is 1.13. The van der Waals surface area contributed by atoms with Gasteiger partial charge in [-0.25, -0.2) is 0 Å². The van der Waals surface area contributed by atoms with E-state index in [1.807, 2.05) is 13.8 Å². The lowest BCUT2D eigenvalue weighted by Gasteiger charge is -2.28. The number of ether oxygens (including phenoxy) is 2. The van der Waals surface area contributed by atoms with Gasteiger partial charge in [0.25, 0.3) is 0 Å². The summed E-state index contributed by atoms with van der Waals surface area (Å²) in [5, 5.41) is 0. The van der Waals surface area contributed by atoms with Crippen molar-refractivity contribution in [1.29, 1.82) is 0 Å². The second-order valence-electron chi connectivity index (χ2n) is 5.65. The Hall–Kier alpha value is -0.120. The molecule has 0 aromatic carbocycles. The third kappa shape index (κ3) is 8.08. The standard InChI is InChI=1S/C13H29NO2/c1-10(2)12(14)9-16-13(5,6)7-8-15-11(3)4/h10-12H,7-9,14H2,1-6H3. The van der Waals surface area contributed by atoms with Crippen molar-refractivity contribution in [3.63, 3.8) is 0 Å². The highest BCUT2D eigenvalue weighted by molar-refractivity contribution is 4.72. The van der Waals surface area contributed by atoms with Crippen LogP contribution in [0.1, 0.15) is 48.0 Å². The quantitative estimate of drug-likeness (QED) is 0.698. The number of rotatable bonds is 8. The minimum absolute atomic E-state index is 0.116. The van der Waals surface area contributed by atoms with Crippen molar-refractivity contribution in [2.75, 3.05) is 13.2 Å². The van der Waals surface area contributed by atoms with Crippen LogP contribution >= 0.6 is 0 Å². The van der Waals surface area contributed by atoms with E-state index >= 15 is 0 Å². The monoisotopic (exact) mass is 231 g/mol. The molecule has 0 saturated heterocycles. The molecule has 1 atom stereocenters. The predicted octanol–water partition coefficient (Wildman–Crippen LogP) is 2.58. The molecule has 0 aliphatic heterocycles. The molecule has 0 bridgehead atoms. The van der Waals surface area contributed by atoms with Gasteiger partial charge in [0.2, 0.25) is 0 Å². The van der Waals surface area contributed by atoms with Crippen LogP contribution in [0.4, 0.5) is 0 Å². The van der Waals surface area contributed by atoms with Gasteiger partial charge in [0, 0.05) is 12.6 Å². The normalized spacial score (nSPS) is 14.8. The van der Waals surface area contributed by atoms with E-state index in [4.69, 9.17) is 15.2 Å². The van der Waals surface area contributed by atoms with E-state index < -0.39 is 0 Å². The second-order valence-corrected chi connectivity index (χ2v) is 5.65. The molecule has 0 spiro atoms. The molecule has 1 unspecified atom stereocenters. The minimum atomic E-state index is -0.151. The van der Waals surface area contributed by atoms with E-state index in [-0.39, 0.29) is 17.7 Å². The molecule has 0 aromatic rings. The molecule has 3 heteroatoms. The molecule has 0 aromatic heterocycles. The summed E-state index contributed by atoms with van der Waals surface area (Å²) in [6, 6.07) is 0.116. The molecule has 0 aliphatic rings. The predicted molar refractivity (Wildman–Crippen MR) is 68.5 cm³/mol. The smallest absolute Gasteiger partial charge is 0.0649 e. The summed E-state index contributed by atoms with van der Waals surface area (Å²) in [6.07, 6.45) is 1.18. The molecule has 0 saturated carbocycles. The van der Waals surface area contributed by atoms with Gasteiger partial charge < -0.3 is 15.2 Å². The number of hydrogen-bond acceptors (Lipinski definition) is 3. The SMILES string of the molecule is CC(C)OCCC(C)(C)OCC(N)C(C)C. The number of nitrogens with two attached hydrogens (primary N) is 1. The molecular formula is C13H29NO2. The molecule has 16 heavy (non-hydrogen) atoms. The van der Waals surface area contributed by atoms with Crippen molar-refractivity contribution in [2.24, 2.45) is 11.7 Å². The Balaban J connectivity index is 3.77. The van der Waals surface area contributed by atoms with E-state index in [1.54, 1.807) is 0 Å². The highest BCUT2D eigenvalue weighted by atomic mass is 16.5. The van der Waals surface area contributed by atoms with Gasteiger partial charge in [-0.2, -0.15) is 0 Å². The van der Waals surface area contributed by atoms with Gasteiger partial charge in [0.1, 0.15) is 0 Å². The summed E-state index contributed by atoms with van der Waals surface area (Å²) in [4.78, 5) is 0. The fourth-order valence-electron chi connectivity index (χ4n) is 1.13. The van der Waals surface area contributed by atoms with E-state index in [9.17, 15) is 0 Å². The first-order chi connectivity index (χ1) is 7.24. The van der Waals surface area contributed by atoms with Crippen LogP contribution in [0.5, 0.6) is 0 Å². The fraction of sp³-hybridized carbons (Fsp3) is 1.00. The van der Waals surface area contributed by atoms with Crippen LogP contribution in [0.25, 0.3) is 0 Å². The lowest BCUT2D eigenvalue weighted by atomic mass is 10.0. The van der Waals surface area contributed by atoms with Gasteiger partial charge >= 0.3 is 0 Å². The summed E-state index contributed by atoms with van der Waals surface area (Å²) in [5.74, 6) is 0.461. The summed E-state index contributed by atoms with van der Waals surface area (Å²) in [5.41, 5.74) is 5.79. The zero-order valence-corrected chi connectivity index (χ0v) is 11.7. The average Bonchev–Trinajstić information content (AvgIpc) is 2.13. The minimum Gasteiger partial charge on any atom is -0.379 e. The maximum absolute atomic E-state index is 5.94. The van der Waals surface area contributed by atoms with Crippen LogP contribution in [0.2, 0.25) is 0 Å². The Bertz CT molecular complexity index is 179. The van der Waals surface area contributed by atoms with Crippen molar-refractivity contribution >= 4 is 0 Å². The van der Waals surface area contributed by atoms with Crippen LogP contribution in [0, 0.1) is 5.92 Å². The lowest BCUT2D eigenvalue weighted by molar-refractivity contribution is -0.0548. The lowest BCUT2D eigenvalue weighted by Crippen LogP contribution is -2.37. The highest BCUT2D eigenvalue weighted by Crippen LogP contribution is 2.16. The first kappa shape index (κ1) is 15.9. The molecule has 2 N–H and O–H groups in total. The van der Waals surface area contributed by atoms with Crippen LogP contribution in [-0.2, 0) is 9.47 Å². The van der Waals surface area contributed by atoms with Gasteiger partial charge in [-0.05, 0) is 40.0 Å². The molecule has 0 heterocycles. The Labute approximate surface area is 101 Å². The molecule has 0 aliphatic carbocycles. The molecule has 0 amide bonds. The van der Waals surface area contributed by atoms with Gasteiger partial charge in [0.05, 0.1) is 18.3 Å². The average molecular weight is 231 g/mol. The largest absolute Gasteiger partial charge is 0.379 e. The first-order valence-electron chi connectivity index (χ1n) is 6.26.